The molecular weight excluding hydrogens is 554 g/mol. The van der Waals surface area contributed by atoms with Crippen LogP contribution in [0.5, 0.6) is 11.5 Å². The minimum Gasteiger partial charge on any atom is -0.485 e. The van der Waals surface area contributed by atoms with E-state index >= 15 is 0 Å². The Hall–Kier alpha value is -5.53. The highest BCUT2D eigenvalue weighted by molar-refractivity contribution is 6.04. The minimum absolute atomic E-state index is 0.155. The average Bonchev–Trinajstić information content (AvgIpc) is 3.53. The molecule has 1 aliphatic heterocycles. The molecule has 1 aliphatic rings. The Morgan fingerprint density at radius 1 is 1.02 bits per heavy atom. The Morgan fingerprint density at radius 2 is 1.77 bits per heavy atom. The largest absolute Gasteiger partial charge is 0.485 e. The van der Waals surface area contributed by atoms with Crippen LogP contribution in [0.25, 0.3) is 11.0 Å². The maximum atomic E-state index is 13.3. The van der Waals surface area contributed by atoms with E-state index in [2.05, 4.69) is 20.7 Å². The molecule has 0 atom stereocenters. The number of nitrogens with two attached hydrogens (primary N) is 3. The van der Waals surface area contributed by atoms with Crippen molar-refractivity contribution in [2.75, 3.05) is 36.1 Å². The molecule has 2 aromatic heterocycles. The number of imidazole rings is 1. The van der Waals surface area contributed by atoms with Crippen LogP contribution in [0.4, 0.5) is 17.3 Å². The highest BCUT2D eigenvalue weighted by atomic mass is 16.6. The lowest BCUT2D eigenvalue weighted by Gasteiger charge is -2.24. The van der Waals surface area contributed by atoms with Crippen molar-refractivity contribution in [3.63, 3.8) is 0 Å². The molecule has 3 amide bonds. The van der Waals surface area contributed by atoms with Crippen LogP contribution in [0.3, 0.4) is 0 Å². The second-order valence-corrected chi connectivity index (χ2v) is 9.97. The third kappa shape index (κ3) is 5.66. The van der Waals surface area contributed by atoms with Gasteiger partial charge < -0.3 is 36.6 Å². The molecule has 0 radical (unpaired) electrons. The molecule has 3 heterocycles. The molecule has 224 valence electrons. The number of nitrogen functional groups attached to an aromatic ring is 1. The highest BCUT2D eigenvalue weighted by Gasteiger charge is 2.25. The van der Waals surface area contributed by atoms with Gasteiger partial charge in [-0.1, -0.05) is 12.2 Å². The summed E-state index contributed by atoms with van der Waals surface area (Å²) in [5.74, 6) is -0.702. The first-order valence-corrected chi connectivity index (χ1v) is 13.7. The molecule has 2 aromatic carbocycles. The molecule has 0 aliphatic carbocycles. The second-order valence-electron chi connectivity index (χ2n) is 9.97. The molecule has 0 unspecified atom stereocenters. The normalized spacial score (nSPS) is 12.5. The van der Waals surface area contributed by atoms with Gasteiger partial charge in [0, 0.05) is 25.2 Å². The zero-order valence-electron chi connectivity index (χ0n) is 24.1. The maximum absolute atomic E-state index is 13.3. The number of anilines is 3. The van der Waals surface area contributed by atoms with Crippen LogP contribution in [0.1, 0.15) is 49.4 Å². The van der Waals surface area contributed by atoms with Crippen LogP contribution < -0.4 is 37.3 Å². The van der Waals surface area contributed by atoms with Gasteiger partial charge in [0.15, 0.2) is 11.5 Å². The summed E-state index contributed by atoms with van der Waals surface area (Å²) < 4.78 is 14.8. The molecule has 43 heavy (non-hydrogen) atoms. The van der Waals surface area contributed by atoms with Crippen LogP contribution in [-0.4, -0.2) is 56.8 Å². The molecule has 0 bridgehead atoms. The molecule has 0 spiro atoms. The molecule has 0 saturated carbocycles. The number of benzene rings is 2. The zero-order valence-corrected chi connectivity index (χ0v) is 24.1. The lowest BCUT2D eigenvalue weighted by atomic mass is 10.1. The number of nitrogens with one attached hydrogen (secondary N) is 2. The van der Waals surface area contributed by atoms with Crippen LogP contribution >= 0.6 is 0 Å². The van der Waals surface area contributed by atoms with Crippen molar-refractivity contribution >= 4 is 46.1 Å². The number of hydrogen-bond donors (Lipinski definition) is 5. The number of aryl methyl sites for hydroxylation is 3. The van der Waals surface area contributed by atoms with E-state index in [4.69, 9.17) is 26.7 Å². The number of aromatic nitrogens is 4. The predicted molar refractivity (Wildman–Crippen MR) is 162 cm³/mol. The minimum atomic E-state index is -0.664. The summed E-state index contributed by atoms with van der Waals surface area (Å²) in [6.07, 6.45) is 3.76. The first kappa shape index (κ1) is 29.0. The number of primary amides is 2. The van der Waals surface area contributed by atoms with E-state index in [1.807, 2.05) is 37.5 Å². The van der Waals surface area contributed by atoms with Crippen molar-refractivity contribution < 1.29 is 23.9 Å². The van der Waals surface area contributed by atoms with Gasteiger partial charge in [-0.2, -0.15) is 5.10 Å². The molecule has 4 aromatic rings. The van der Waals surface area contributed by atoms with E-state index in [-0.39, 0.29) is 23.8 Å². The fourth-order valence-corrected chi connectivity index (χ4v) is 5.05. The highest BCUT2D eigenvalue weighted by Crippen LogP contribution is 2.44. The van der Waals surface area contributed by atoms with Gasteiger partial charge in [-0.05, 0) is 50.6 Å². The molecule has 0 saturated heterocycles. The molecule has 14 nitrogen and oxygen atoms in total. The topological polar surface area (TPSA) is 207 Å². The number of carbonyl (C=O) groups is 3. The number of nitrogens with zero attached hydrogens (tertiary/aromatic N) is 4. The van der Waals surface area contributed by atoms with Gasteiger partial charge in [0.1, 0.15) is 24.6 Å². The Labute approximate surface area is 246 Å². The van der Waals surface area contributed by atoms with Crippen molar-refractivity contribution in [1.82, 2.24) is 19.3 Å². The van der Waals surface area contributed by atoms with Gasteiger partial charge in [-0.15, -0.1) is 0 Å². The number of fused-ring (bicyclic) bond motifs is 2. The standard InChI is InChI=1S/C29H33N9O5/c1-4-38-21(12-16(3)36-38)28(41)35-29-34-20-13-17(26(31)39)11-15(2)23(20)37(29)8-6-5-7-33-22-19(30)14-18(27(32)40)24-25(22)43-10-9-42-24/h5-6,11-14,33H,4,7-10,30H2,1-3H3,(H2,31,39)(H2,32,40)(H,34,35,41). The van der Waals surface area contributed by atoms with Gasteiger partial charge in [0.2, 0.25) is 11.9 Å². The maximum Gasteiger partial charge on any atom is 0.276 e. The van der Waals surface area contributed by atoms with E-state index < -0.39 is 11.8 Å². The van der Waals surface area contributed by atoms with Gasteiger partial charge in [0.05, 0.1) is 28.0 Å². The molecule has 14 heteroatoms. The Balaban J connectivity index is 1.41. The summed E-state index contributed by atoms with van der Waals surface area (Å²) in [4.78, 5) is 41.6. The number of allylic oxidation sites excluding steroid dienone is 1. The summed E-state index contributed by atoms with van der Waals surface area (Å²) in [5.41, 5.74) is 21.6. The SMILES string of the molecule is CCn1nc(C)cc1C(=O)Nc1nc2cc(C(N)=O)cc(C)c2n1CC=CCNc1c(N)cc(C(N)=O)c2c1OCCO2. The Bertz CT molecular complexity index is 1790. The van der Waals surface area contributed by atoms with Gasteiger partial charge in [0.25, 0.3) is 11.8 Å². The molecule has 5 rings (SSSR count). The zero-order chi connectivity index (χ0) is 30.8. The molecule has 8 N–H and O–H groups in total. The summed E-state index contributed by atoms with van der Waals surface area (Å²) in [5, 5.41) is 10.5. The molecule has 0 fully saturated rings. The third-order valence-electron chi connectivity index (χ3n) is 6.94. The second kappa shape index (κ2) is 11.8. The number of carbonyl (C=O) groups excluding carboxylic acids is 3. The predicted octanol–water partition coefficient (Wildman–Crippen LogP) is 2.34. The van der Waals surface area contributed by atoms with E-state index in [9.17, 15) is 14.4 Å². The summed E-state index contributed by atoms with van der Waals surface area (Å²) in [7, 11) is 0. The first-order valence-electron chi connectivity index (χ1n) is 13.7. The Morgan fingerprint density at radius 3 is 2.47 bits per heavy atom. The number of rotatable bonds is 10. The van der Waals surface area contributed by atoms with Crippen LogP contribution in [0, 0.1) is 13.8 Å². The third-order valence-corrected chi connectivity index (χ3v) is 6.94. The van der Waals surface area contributed by atoms with E-state index in [0.717, 1.165) is 16.8 Å². The van der Waals surface area contributed by atoms with Crippen LogP contribution in [-0.2, 0) is 13.1 Å². The van der Waals surface area contributed by atoms with Crippen molar-refractivity contribution in [1.29, 1.82) is 0 Å². The lowest BCUT2D eigenvalue weighted by Crippen LogP contribution is -2.22. The van der Waals surface area contributed by atoms with Crippen molar-refractivity contribution in [2.45, 2.75) is 33.9 Å². The van der Waals surface area contributed by atoms with Crippen molar-refractivity contribution in [3.05, 3.63) is 64.5 Å². The van der Waals surface area contributed by atoms with E-state index in [0.29, 0.717) is 66.1 Å². The summed E-state index contributed by atoms with van der Waals surface area (Å²) in [6, 6.07) is 6.47. The number of amides is 3. The van der Waals surface area contributed by atoms with Crippen molar-refractivity contribution in [2.24, 2.45) is 11.5 Å². The quantitative estimate of drug-likeness (QED) is 0.136. The first-order chi connectivity index (χ1) is 20.6. The van der Waals surface area contributed by atoms with Gasteiger partial charge in [-0.25, -0.2) is 4.98 Å². The smallest absolute Gasteiger partial charge is 0.276 e. The van der Waals surface area contributed by atoms with E-state index in [1.165, 1.54) is 6.07 Å². The van der Waals surface area contributed by atoms with Gasteiger partial charge >= 0.3 is 0 Å². The van der Waals surface area contributed by atoms with Crippen molar-refractivity contribution in [3.8, 4) is 11.5 Å². The van der Waals surface area contributed by atoms with Crippen LogP contribution in [0.2, 0.25) is 0 Å². The summed E-state index contributed by atoms with van der Waals surface area (Å²) >= 11 is 0. The van der Waals surface area contributed by atoms with Gasteiger partial charge in [-0.3, -0.25) is 24.4 Å². The number of hydrogen-bond acceptors (Lipinski definition) is 9. The lowest BCUT2D eigenvalue weighted by molar-refractivity contribution is 0.0984. The average molecular weight is 588 g/mol. The van der Waals surface area contributed by atoms with E-state index in [1.54, 1.807) is 22.9 Å². The summed E-state index contributed by atoms with van der Waals surface area (Å²) in [6.45, 7) is 7.38. The fraction of sp³-hybridized carbons (Fsp3) is 0.276. The monoisotopic (exact) mass is 587 g/mol. The number of ether oxygens (including phenoxy) is 2. The molecular formula is C29H33N9O5. The fourth-order valence-electron chi connectivity index (χ4n) is 5.05. The Kier molecular flexibility index (Phi) is 7.92. The van der Waals surface area contributed by atoms with Crippen LogP contribution in [0.15, 0.2) is 36.4 Å².